The number of carbonyl (C=O) groups excluding carboxylic acids is 1. The maximum absolute atomic E-state index is 12.7. The summed E-state index contributed by atoms with van der Waals surface area (Å²) in [6.45, 7) is 3.64. The number of para-hydroxylation sites is 1. The standard InChI is InChI=1S/C17H20N2O2/c1-2-9-19-10-8-18-17(19)12-15(20)13-7-11-21-16-6-4-3-5-14(13)16/h3-6,8,10,13H,2,7,9,11-12H2,1H3. The zero-order valence-electron chi connectivity index (χ0n) is 12.3. The zero-order valence-corrected chi connectivity index (χ0v) is 12.3. The summed E-state index contributed by atoms with van der Waals surface area (Å²) in [6, 6.07) is 7.84. The molecule has 21 heavy (non-hydrogen) atoms. The van der Waals surface area contributed by atoms with Crippen molar-refractivity contribution >= 4 is 5.78 Å². The molecule has 1 aliphatic rings. The topological polar surface area (TPSA) is 44.1 Å². The third kappa shape index (κ3) is 2.84. The smallest absolute Gasteiger partial charge is 0.148 e. The second-order valence-corrected chi connectivity index (χ2v) is 5.41. The summed E-state index contributed by atoms with van der Waals surface area (Å²) in [4.78, 5) is 17.0. The molecule has 0 spiro atoms. The number of carbonyl (C=O) groups is 1. The van der Waals surface area contributed by atoms with E-state index in [2.05, 4.69) is 16.5 Å². The Morgan fingerprint density at radius 3 is 3.14 bits per heavy atom. The van der Waals surface area contributed by atoms with Gasteiger partial charge < -0.3 is 9.30 Å². The summed E-state index contributed by atoms with van der Waals surface area (Å²) in [6.07, 6.45) is 5.91. The van der Waals surface area contributed by atoms with Crippen molar-refractivity contribution in [1.82, 2.24) is 9.55 Å². The van der Waals surface area contributed by atoms with Crippen LogP contribution in [0.15, 0.2) is 36.7 Å². The van der Waals surface area contributed by atoms with Crippen LogP contribution < -0.4 is 4.74 Å². The highest BCUT2D eigenvalue weighted by Gasteiger charge is 2.27. The third-order valence-corrected chi connectivity index (χ3v) is 3.95. The first-order chi connectivity index (χ1) is 10.3. The van der Waals surface area contributed by atoms with E-state index < -0.39 is 0 Å². The van der Waals surface area contributed by atoms with Gasteiger partial charge >= 0.3 is 0 Å². The molecule has 1 aromatic heterocycles. The van der Waals surface area contributed by atoms with Gasteiger partial charge in [0.25, 0.3) is 0 Å². The molecule has 1 atom stereocenters. The molecule has 2 heterocycles. The molecule has 0 N–H and O–H groups in total. The lowest BCUT2D eigenvalue weighted by Gasteiger charge is -2.24. The second kappa shape index (κ2) is 6.12. The van der Waals surface area contributed by atoms with E-state index in [1.165, 1.54) is 0 Å². The number of nitrogens with zero attached hydrogens (tertiary/aromatic N) is 2. The summed E-state index contributed by atoms with van der Waals surface area (Å²) in [5.74, 6) is 1.88. The van der Waals surface area contributed by atoms with Gasteiger partial charge in [-0.3, -0.25) is 4.79 Å². The van der Waals surface area contributed by atoms with Gasteiger partial charge in [-0.05, 0) is 18.9 Å². The predicted molar refractivity (Wildman–Crippen MR) is 80.5 cm³/mol. The third-order valence-electron chi connectivity index (χ3n) is 3.95. The fourth-order valence-corrected chi connectivity index (χ4v) is 2.91. The normalized spacial score (nSPS) is 17.1. The van der Waals surface area contributed by atoms with Gasteiger partial charge in [-0.2, -0.15) is 0 Å². The van der Waals surface area contributed by atoms with E-state index in [0.717, 1.165) is 36.5 Å². The van der Waals surface area contributed by atoms with Crippen molar-refractivity contribution in [2.45, 2.75) is 38.6 Å². The summed E-state index contributed by atoms with van der Waals surface area (Å²) in [7, 11) is 0. The minimum absolute atomic E-state index is 0.0678. The SMILES string of the molecule is CCCn1ccnc1CC(=O)C1CCOc2ccccc21. The van der Waals surface area contributed by atoms with E-state index in [1.807, 2.05) is 30.5 Å². The highest BCUT2D eigenvalue weighted by atomic mass is 16.5. The summed E-state index contributed by atoms with van der Waals surface area (Å²) >= 11 is 0. The van der Waals surface area contributed by atoms with Crippen molar-refractivity contribution in [3.8, 4) is 5.75 Å². The van der Waals surface area contributed by atoms with Crippen LogP contribution in [-0.2, 0) is 17.8 Å². The fourth-order valence-electron chi connectivity index (χ4n) is 2.91. The number of imidazole rings is 1. The molecule has 0 fully saturated rings. The van der Waals surface area contributed by atoms with Crippen molar-refractivity contribution in [3.63, 3.8) is 0 Å². The highest BCUT2D eigenvalue weighted by molar-refractivity contribution is 5.88. The first kappa shape index (κ1) is 13.9. The fraction of sp³-hybridized carbons (Fsp3) is 0.412. The molecular formula is C17H20N2O2. The molecule has 0 amide bonds. The van der Waals surface area contributed by atoms with Gasteiger partial charge in [0.1, 0.15) is 17.4 Å². The van der Waals surface area contributed by atoms with Gasteiger partial charge in [0, 0.05) is 24.5 Å². The zero-order chi connectivity index (χ0) is 14.7. The number of ketones is 1. The van der Waals surface area contributed by atoms with Crippen molar-refractivity contribution in [2.24, 2.45) is 0 Å². The lowest BCUT2D eigenvalue weighted by atomic mass is 9.88. The number of rotatable bonds is 5. The number of aryl methyl sites for hydroxylation is 1. The summed E-state index contributed by atoms with van der Waals surface area (Å²) in [5, 5.41) is 0. The molecule has 4 heteroatoms. The molecule has 1 aromatic carbocycles. The van der Waals surface area contributed by atoms with Gasteiger partial charge in [0.15, 0.2) is 0 Å². The second-order valence-electron chi connectivity index (χ2n) is 5.41. The van der Waals surface area contributed by atoms with Crippen LogP contribution in [0.4, 0.5) is 0 Å². The number of ether oxygens (including phenoxy) is 1. The lowest BCUT2D eigenvalue weighted by molar-refractivity contribution is -0.120. The van der Waals surface area contributed by atoms with Crippen molar-refractivity contribution in [2.75, 3.05) is 6.61 Å². The number of Topliss-reactive ketones (excluding diaryl/α,β-unsaturated/α-hetero) is 1. The van der Waals surface area contributed by atoms with Crippen molar-refractivity contribution in [3.05, 3.63) is 48.0 Å². The molecule has 2 aromatic rings. The van der Waals surface area contributed by atoms with Gasteiger partial charge in [-0.1, -0.05) is 25.1 Å². The maximum atomic E-state index is 12.7. The van der Waals surface area contributed by atoms with Gasteiger partial charge in [-0.15, -0.1) is 0 Å². The highest BCUT2D eigenvalue weighted by Crippen LogP contribution is 2.34. The van der Waals surface area contributed by atoms with Gasteiger partial charge in [0.2, 0.25) is 0 Å². The van der Waals surface area contributed by atoms with Crippen LogP contribution in [0.1, 0.15) is 37.1 Å². The number of fused-ring (bicyclic) bond motifs is 1. The van der Waals surface area contributed by atoms with E-state index in [-0.39, 0.29) is 11.7 Å². The Morgan fingerprint density at radius 1 is 1.43 bits per heavy atom. The molecule has 3 rings (SSSR count). The Morgan fingerprint density at radius 2 is 2.29 bits per heavy atom. The van der Waals surface area contributed by atoms with Crippen molar-refractivity contribution in [1.29, 1.82) is 0 Å². The average molecular weight is 284 g/mol. The Balaban J connectivity index is 1.79. The molecular weight excluding hydrogens is 264 g/mol. The summed E-state index contributed by atoms with van der Waals surface area (Å²) in [5.41, 5.74) is 1.02. The van der Waals surface area contributed by atoms with Crippen LogP contribution >= 0.6 is 0 Å². The van der Waals surface area contributed by atoms with Crippen LogP contribution in [0.25, 0.3) is 0 Å². The van der Waals surface area contributed by atoms with Crippen LogP contribution in [0.3, 0.4) is 0 Å². The van der Waals surface area contributed by atoms with Gasteiger partial charge in [-0.25, -0.2) is 4.98 Å². The first-order valence-corrected chi connectivity index (χ1v) is 7.54. The Hall–Kier alpha value is -2.10. The van der Waals surface area contributed by atoms with E-state index >= 15 is 0 Å². The van der Waals surface area contributed by atoms with E-state index in [1.54, 1.807) is 6.20 Å². The monoisotopic (exact) mass is 284 g/mol. The predicted octanol–water partition coefficient (Wildman–Crippen LogP) is 2.97. The van der Waals surface area contributed by atoms with E-state index in [9.17, 15) is 4.79 Å². The minimum atomic E-state index is -0.0678. The first-order valence-electron chi connectivity index (χ1n) is 7.54. The molecule has 1 aliphatic heterocycles. The number of aromatic nitrogens is 2. The molecule has 110 valence electrons. The number of hydrogen-bond donors (Lipinski definition) is 0. The molecule has 1 unspecified atom stereocenters. The van der Waals surface area contributed by atoms with Crippen LogP contribution in [0.2, 0.25) is 0 Å². The molecule has 0 radical (unpaired) electrons. The average Bonchev–Trinajstić information content (AvgIpc) is 2.94. The Bertz CT molecular complexity index is 633. The van der Waals surface area contributed by atoms with Crippen LogP contribution in [0, 0.1) is 0 Å². The van der Waals surface area contributed by atoms with E-state index in [4.69, 9.17) is 4.74 Å². The van der Waals surface area contributed by atoms with E-state index in [0.29, 0.717) is 13.0 Å². The largest absolute Gasteiger partial charge is 0.493 e. The quantitative estimate of drug-likeness (QED) is 0.848. The van der Waals surface area contributed by atoms with Crippen LogP contribution in [-0.4, -0.2) is 21.9 Å². The molecule has 0 bridgehead atoms. The number of benzene rings is 1. The van der Waals surface area contributed by atoms with Crippen molar-refractivity contribution < 1.29 is 9.53 Å². The lowest BCUT2D eigenvalue weighted by Crippen LogP contribution is -2.23. The molecule has 0 saturated carbocycles. The maximum Gasteiger partial charge on any atom is 0.148 e. The minimum Gasteiger partial charge on any atom is -0.493 e. The number of hydrogen-bond acceptors (Lipinski definition) is 3. The molecule has 4 nitrogen and oxygen atoms in total. The Labute approximate surface area is 124 Å². The van der Waals surface area contributed by atoms with Crippen LogP contribution in [0.5, 0.6) is 5.75 Å². The summed E-state index contributed by atoms with van der Waals surface area (Å²) < 4.78 is 7.70. The van der Waals surface area contributed by atoms with Gasteiger partial charge in [0.05, 0.1) is 18.9 Å². The molecule has 0 saturated heterocycles. The Kier molecular flexibility index (Phi) is 4.04. The molecule has 0 aliphatic carbocycles.